The average molecular weight is 396 g/mol. The van der Waals surface area contributed by atoms with Gasteiger partial charge in [-0.25, -0.2) is 0 Å². The second-order valence-electron chi connectivity index (χ2n) is 6.14. The predicted molar refractivity (Wildman–Crippen MR) is 81.1 cm³/mol. The molecule has 0 saturated carbocycles. The highest BCUT2D eigenvalue weighted by molar-refractivity contribution is 7.87. The van der Waals surface area contributed by atoms with E-state index in [1.165, 1.54) is 0 Å². The highest BCUT2D eigenvalue weighted by Crippen LogP contribution is 2.41. The minimum atomic E-state index is -6.21. The van der Waals surface area contributed by atoms with Crippen LogP contribution in [0.25, 0.3) is 0 Å². The first kappa shape index (κ1) is 24.1. The summed E-state index contributed by atoms with van der Waals surface area (Å²) in [4.78, 5) is 11.6. The molecule has 0 atom stereocenters. The molecule has 150 valence electrons. The first-order valence-electron chi connectivity index (χ1n) is 7.66. The third kappa shape index (κ3) is 7.06. The molecule has 0 fully saturated rings. The van der Waals surface area contributed by atoms with E-state index in [4.69, 9.17) is 14.0 Å². The van der Waals surface area contributed by atoms with Gasteiger partial charge in [0, 0.05) is 26.1 Å². The van der Waals surface area contributed by atoms with E-state index in [9.17, 15) is 30.8 Å². The SMILES string of the molecule is CCC(C)(C)C(=O)OCCCOCCCC(F)(F)C(F)(F)S(=O)(=O)O. The average Bonchev–Trinajstić information content (AvgIpc) is 2.48. The Labute approximate surface area is 144 Å². The number of esters is 1. The smallest absolute Gasteiger partial charge is 0.431 e. The second-order valence-corrected chi connectivity index (χ2v) is 7.60. The van der Waals surface area contributed by atoms with Crippen molar-refractivity contribution in [3.05, 3.63) is 0 Å². The van der Waals surface area contributed by atoms with Crippen LogP contribution in [0.4, 0.5) is 17.6 Å². The normalized spacial score (nSPS) is 13.8. The molecule has 0 rings (SSSR count). The lowest BCUT2D eigenvalue weighted by Gasteiger charge is -2.23. The first-order valence-corrected chi connectivity index (χ1v) is 9.10. The number of hydrogen-bond donors (Lipinski definition) is 1. The van der Waals surface area contributed by atoms with Crippen molar-refractivity contribution in [1.82, 2.24) is 0 Å². The zero-order valence-electron chi connectivity index (χ0n) is 14.4. The number of rotatable bonds is 12. The Morgan fingerprint density at radius 1 is 1.04 bits per heavy atom. The molecule has 0 saturated heterocycles. The predicted octanol–water partition coefficient (Wildman–Crippen LogP) is 3.27. The summed E-state index contributed by atoms with van der Waals surface area (Å²) in [5.41, 5.74) is -0.606. The lowest BCUT2D eigenvalue weighted by molar-refractivity contribution is -0.166. The molecule has 0 aliphatic heterocycles. The van der Waals surface area contributed by atoms with Crippen LogP contribution < -0.4 is 0 Å². The van der Waals surface area contributed by atoms with Crippen LogP contribution in [-0.4, -0.2) is 49.9 Å². The first-order chi connectivity index (χ1) is 11.2. The molecule has 0 bridgehead atoms. The third-order valence-electron chi connectivity index (χ3n) is 3.63. The molecule has 0 unspecified atom stereocenters. The van der Waals surface area contributed by atoms with Crippen LogP contribution in [0, 0.1) is 5.41 Å². The monoisotopic (exact) mass is 396 g/mol. The summed E-state index contributed by atoms with van der Waals surface area (Å²) in [5, 5.41) is -5.56. The summed E-state index contributed by atoms with van der Waals surface area (Å²) in [5.74, 6) is -5.28. The number of halogens is 4. The van der Waals surface area contributed by atoms with E-state index in [2.05, 4.69) is 0 Å². The molecule has 0 spiro atoms. The van der Waals surface area contributed by atoms with E-state index in [-0.39, 0.29) is 25.8 Å². The molecule has 0 aromatic rings. The van der Waals surface area contributed by atoms with Gasteiger partial charge in [-0.15, -0.1) is 0 Å². The van der Waals surface area contributed by atoms with E-state index >= 15 is 0 Å². The minimum absolute atomic E-state index is 0.0557. The molecule has 0 amide bonds. The van der Waals surface area contributed by atoms with Crippen molar-refractivity contribution in [2.75, 3.05) is 19.8 Å². The maximum Gasteiger partial charge on any atom is 0.431 e. The van der Waals surface area contributed by atoms with Crippen LogP contribution in [0.1, 0.15) is 46.5 Å². The maximum absolute atomic E-state index is 13.2. The van der Waals surface area contributed by atoms with E-state index in [1.807, 2.05) is 6.92 Å². The summed E-state index contributed by atoms with van der Waals surface area (Å²) in [6.45, 7) is 5.11. The molecule has 11 heteroatoms. The summed E-state index contributed by atoms with van der Waals surface area (Å²) >= 11 is 0. The number of alkyl halides is 4. The van der Waals surface area contributed by atoms with Crippen molar-refractivity contribution >= 4 is 16.1 Å². The van der Waals surface area contributed by atoms with Gasteiger partial charge in [-0.2, -0.15) is 26.0 Å². The quantitative estimate of drug-likeness (QED) is 0.236. The van der Waals surface area contributed by atoms with Crippen LogP contribution in [-0.2, 0) is 24.4 Å². The van der Waals surface area contributed by atoms with Crippen LogP contribution >= 0.6 is 0 Å². The molecule has 0 radical (unpaired) electrons. The largest absolute Gasteiger partial charge is 0.465 e. The van der Waals surface area contributed by atoms with Crippen LogP contribution in [0.3, 0.4) is 0 Å². The van der Waals surface area contributed by atoms with Gasteiger partial charge in [0.25, 0.3) is 0 Å². The Balaban J connectivity index is 4.00. The number of ether oxygens (including phenoxy) is 2. The van der Waals surface area contributed by atoms with Crippen LogP contribution in [0.15, 0.2) is 0 Å². The van der Waals surface area contributed by atoms with Gasteiger partial charge in [-0.1, -0.05) is 6.92 Å². The Bertz CT molecular complexity index is 533. The van der Waals surface area contributed by atoms with Crippen molar-refractivity contribution in [1.29, 1.82) is 0 Å². The molecule has 0 heterocycles. The number of hydrogen-bond acceptors (Lipinski definition) is 5. The molecule has 0 aromatic heterocycles. The second kappa shape index (κ2) is 9.13. The minimum Gasteiger partial charge on any atom is -0.465 e. The maximum atomic E-state index is 13.2. The zero-order chi connectivity index (χ0) is 19.9. The summed E-state index contributed by atoms with van der Waals surface area (Å²) < 4.78 is 90.9. The Morgan fingerprint density at radius 3 is 2.04 bits per heavy atom. The number of carbonyl (C=O) groups is 1. The molecule has 0 aromatic carbocycles. The van der Waals surface area contributed by atoms with E-state index in [1.54, 1.807) is 13.8 Å². The molecule has 0 aliphatic carbocycles. The molecule has 25 heavy (non-hydrogen) atoms. The lowest BCUT2D eigenvalue weighted by atomic mass is 9.91. The number of carbonyl (C=O) groups excluding carboxylic acids is 1. The van der Waals surface area contributed by atoms with E-state index < -0.39 is 39.6 Å². The summed E-state index contributed by atoms with van der Waals surface area (Å²) in [7, 11) is -6.21. The zero-order valence-corrected chi connectivity index (χ0v) is 15.2. The fourth-order valence-corrected chi connectivity index (χ4v) is 1.98. The lowest BCUT2D eigenvalue weighted by Crippen LogP contribution is -2.46. The van der Waals surface area contributed by atoms with Gasteiger partial charge < -0.3 is 9.47 Å². The third-order valence-corrected chi connectivity index (χ3v) is 4.58. The Kier molecular flexibility index (Phi) is 8.79. The molecular formula is C14H24F4O6S. The van der Waals surface area contributed by atoms with Gasteiger partial charge in [0.1, 0.15) is 0 Å². The highest BCUT2D eigenvalue weighted by Gasteiger charge is 2.64. The molecule has 0 aliphatic rings. The highest BCUT2D eigenvalue weighted by atomic mass is 32.2. The summed E-state index contributed by atoms with van der Waals surface area (Å²) in [6, 6.07) is 0. The van der Waals surface area contributed by atoms with Gasteiger partial charge in [0.05, 0.1) is 12.0 Å². The summed E-state index contributed by atoms with van der Waals surface area (Å²) in [6.07, 6.45) is -1.12. The standard InChI is InChI=1S/C14H24F4O6S/c1-4-12(2,3)11(19)24-10-6-9-23-8-5-7-13(15,16)14(17,18)25(20,21)22/h4-10H2,1-3H3,(H,20,21,22). The van der Waals surface area contributed by atoms with E-state index in [0.29, 0.717) is 12.8 Å². The molecule has 1 N–H and O–H groups in total. The van der Waals surface area contributed by atoms with Crippen LogP contribution in [0.5, 0.6) is 0 Å². The van der Waals surface area contributed by atoms with Gasteiger partial charge in [-0.05, 0) is 26.7 Å². The fraction of sp³-hybridized carbons (Fsp3) is 0.929. The van der Waals surface area contributed by atoms with Crippen molar-refractivity contribution in [2.24, 2.45) is 5.41 Å². The Morgan fingerprint density at radius 2 is 1.56 bits per heavy atom. The molecule has 6 nitrogen and oxygen atoms in total. The van der Waals surface area contributed by atoms with Gasteiger partial charge in [0.2, 0.25) is 0 Å². The Hall–Kier alpha value is -0.940. The van der Waals surface area contributed by atoms with Crippen LogP contribution in [0.2, 0.25) is 0 Å². The van der Waals surface area contributed by atoms with E-state index in [0.717, 1.165) is 0 Å². The van der Waals surface area contributed by atoms with Gasteiger partial charge >= 0.3 is 27.3 Å². The van der Waals surface area contributed by atoms with Crippen molar-refractivity contribution < 1.29 is 44.8 Å². The van der Waals surface area contributed by atoms with Crippen molar-refractivity contribution in [3.8, 4) is 0 Å². The fourth-order valence-electron chi connectivity index (χ4n) is 1.50. The van der Waals surface area contributed by atoms with Crippen molar-refractivity contribution in [3.63, 3.8) is 0 Å². The molecular weight excluding hydrogens is 372 g/mol. The topological polar surface area (TPSA) is 89.9 Å². The van der Waals surface area contributed by atoms with Crippen molar-refractivity contribution in [2.45, 2.75) is 57.6 Å². The van der Waals surface area contributed by atoms with Gasteiger partial charge in [-0.3, -0.25) is 9.35 Å². The van der Waals surface area contributed by atoms with Gasteiger partial charge in [0.15, 0.2) is 0 Å².